The fourth-order valence-electron chi connectivity index (χ4n) is 2.73. The zero-order valence-electron chi connectivity index (χ0n) is 15.9. The van der Waals surface area contributed by atoms with E-state index in [9.17, 15) is 13.2 Å². The van der Waals surface area contributed by atoms with Gasteiger partial charge in [0.15, 0.2) is 0 Å². The minimum Gasteiger partial charge on any atom is -0.383 e. The van der Waals surface area contributed by atoms with Crippen LogP contribution in [0.4, 0.5) is 0 Å². The lowest BCUT2D eigenvalue weighted by Gasteiger charge is -2.23. The Morgan fingerprint density at radius 3 is 2.48 bits per heavy atom. The van der Waals surface area contributed by atoms with Gasteiger partial charge in [0.25, 0.3) is 5.91 Å². The van der Waals surface area contributed by atoms with Gasteiger partial charge in [-0.2, -0.15) is 4.31 Å². The maximum atomic E-state index is 13.0. The van der Waals surface area contributed by atoms with Gasteiger partial charge in [-0.05, 0) is 29.6 Å². The number of hydrogen-bond donors (Lipinski definition) is 0. The Bertz CT molecular complexity index is 831. The summed E-state index contributed by atoms with van der Waals surface area (Å²) in [6.07, 6.45) is 0. The van der Waals surface area contributed by atoms with Crippen molar-refractivity contribution in [2.75, 3.05) is 33.4 Å². The van der Waals surface area contributed by atoms with Crippen LogP contribution >= 0.6 is 11.3 Å². The molecule has 2 rings (SSSR count). The molecule has 0 N–H and O–H groups in total. The SMILES string of the molecule is CCN(CC)S(=O)(=O)c1cccc(C(=O)N(CCOC)Cc2cccs2)c1. The van der Waals surface area contributed by atoms with Crippen molar-refractivity contribution >= 4 is 27.3 Å². The van der Waals surface area contributed by atoms with E-state index in [-0.39, 0.29) is 10.8 Å². The predicted molar refractivity (Wildman–Crippen MR) is 107 cm³/mol. The number of nitrogens with zero attached hydrogens (tertiary/aromatic N) is 2. The van der Waals surface area contributed by atoms with Gasteiger partial charge in [-0.3, -0.25) is 4.79 Å². The number of thiophene rings is 1. The molecule has 6 nitrogen and oxygen atoms in total. The van der Waals surface area contributed by atoms with E-state index in [1.807, 2.05) is 17.5 Å². The Labute approximate surface area is 165 Å². The number of carbonyl (C=O) groups excluding carboxylic acids is 1. The van der Waals surface area contributed by atoms with E-state index in [1.165, 1.54) is 16.4 Å². The lowest BCUT2D eigenvalue weighted by molar-refractivity contribution is 0.0682. The number of ether oxygens (including phenoxy) is 1. The average Bonchev–Trinajstić information content (AvgIpc) is 3.18. The summed E-state index contributed by atoms with van der Waals surface area (Å²) in [7, 11) is -2.02. The summed E-state index contributed by atoms with van der Waals surface area (Å²) < 4.78 is 32.0. The van der Waals surface area contributed by atoms with Gasteiger partial charge < -0.3 is 9.64 Å². The molecule has 0 aliphatic heterocycles. The molecule has 1 aromatic carbocycles. The van der Waals surface area contributed by atoms with E-state index in [0.717, 1.165) is 4.88 Å². The third-order valence-corrected chi connectivity index (χ3v) is 7.11. The van der Waals surface area contributed by atoms with E-state index in [2.05, 4.69) is 0 Å². The molecule has 2 aromatic rings. The molecule has 0 fully saturated rings. The van der Waals surface area contributed by atoms with Crippen LogP contribution in [-0.2, 0) is 21.3 Å². The maximum Gasteiger partial charge on any atom is 0.254 e. The topological polar surface area (TPSA) is 66.9 Å². The molecule has 0 radical (unpaired) electrons. The molecule has 1 heterocycles. The maximum absolute atomic E-state index is 13.0. The molecule has 0 atom stereocenters. The van der Waals surface area contributed by atoms with Crippen molar-refractivity contribution in [2.24, 2.45) is 0 Å². The molecule has 0 aliphatic carbocycles. The van der Waals surface area contributed by atoms with Crippen molar-refractivity contribution in [3.05, 3.63) is 52.2 Å². The summed E-state index contributed by atoms with van der Waals surface area (Å²) in [5, 5.41) is 1.96. The summed E-state index contributed by atoms with van der Waals surface area (Å²) in [5.41, 5.74) is 0.357. The number of sulfonamides is 1. The molecular weight excluding hydrogens is 384 g/mol. The highest BCUT2D eigenvalue weighted by Crippen LogP contribution is 2.19. The van der Waals surface area contributed by atoms with Crippen LogP contribution in [0.5, 0.6) is 0 Å². The van der Waals surface area contributed by atoms with Gasteiger partial charge in [0.1, 0.15) is 0 Å². The Morgan fingerprint density at radius 2 is 1.89 bits per heavy atom. The summed E-state index contributed by atoms with van der Waals surface area (Å²) in [5.74, 6) is -0.211. The third kappa shape index (κ3) is 5.38. The number of rotatable bonds is 10. The van der Waals surface area contributed by atoms with Crippen LogP contribution in [-0.4, -0.2) is 56.9 Å². The van der Waals surface area contributed by atoms with Crippen LogP contribution in [0.25, 0.3) is 0 Å². The smallest absolute Gasteiger partial charge is 0.254 e. The Kier molecular flexibility index (Phi) is 7.97. The van der Waals surface area contributed by atoms with Crippen LogP contribution in [0.3, 0.4) is 0 Å². The number of hydrogen-bond acceptors (Lipinski definition) is 5. The van der Waals surface area contributed by atoms with Crippen LogP contribution in [0.2, 0.25) is 0 Å². The van der Waals surface area contributed by atoms with Crippen molar-refractivity contribution in [3.8, 4) is 0 Å². The van der Waals surface area contributed by atoms with Crippen LogP contribution in [0.15, 0.2) is 46.7 Å². The quantitative estimate of drug-likeness (QED) is 0.604. The first-order chi connectivity index (χ1) is 12.9. The molecule has 8 heteroatoms. The molecule has 0 saturated heterocycles. The predicted octanol–water partition coefficient (Wildman–Crippen LogP) is 3.07. The van der Waals surface area contributed by atoms with Gasteiger partial charge in [0.05, 0.1) is 18.0 Å². The Morgan fingerprint density at radius 1 is 1.15 bits per heavy atom. The monoisotopic (exact) mass is 410 g/mol. The minimum absolute atomic E-state index is 0.139. The van der Waals surface area contributed by atoms with E-state index in [1.54, 1.807) is 49.3 Å². The zero-order valence-corrected chi connectivity index (χ0v) is 17.6. The second-order valence-electron chi connectivity index (χ2n) is 5.92. The first-order valence-electron chi connectivity index (χ1n) is 8.84. The van der Waals surface area contributed by atoms with Crippen molar-refractivity contribution < 1.29 is 17.9 Å². The molecule has 0 bridgehead atoms. The van der Waals surface area contributed by atoms with Gasteiger partial charge >= 0.3 is 0 Å². The van der Waals surface area contributed by atoms with E-state index in [4.69, 9.17) is 4.74 Å². The third-order valence-electron chi connectivity index (χ3n) is 4.20. The second kappa shape index (κ2) is 9.98. The van der Waals surface area contributed by atoms with Crippen molar-refractivity contribution in [3.63, 3.8) is 0 Å². The van der Waals surface area contributed by atoms with Gasteiger partial charge in [0, 0.05) is 37.2 Å². The van der Waals surface area contributed by atoms with Gasteiger partial charge in [0.2, 0.25) is 10.0 Å². The molecule has 0 spiro atoms. The van der Waals surface area contributed by atoms with Crippen molar-refractivity contribution in [1.82, 2.24) is 9.21 Å². The highest BCUT2D eigenvalue weighted by Gasteiger charge is 2.24. The Balaban J connectivity index is 2.30. The van der Waals surface area contributed by atoms with Crippen molar-refractivity contribution in [2.45, 2.75) is 25.3 Å². The highest BCUT2D eigenvalue weighted by atomic mass is 32.2. The van der Waals surface area contributed by atoms with E-state index in [0.29, 0.717) is 38.3 Å². The minimum atomic E-state index is -3.61. The Hall–Kier alpha value is -1.74. The van der Waals surface area contributed by atoms with Gasteiger partial charge in [-0.1, -0.05) is 26.0 Å². The molecule has 0 aliphatic rings. The normalized spacial score (nSPS) is 11.7. The van der Waals surface area contributed by atoms with Crippen LogP contribution in [0, 0.1) is 0 Å². The fraction of sp³-hybridized carbons (Fsp3) is 0.421. The molecule has 0 saturated carbocycles. The summed E-state index contributed by atoms with van der Waals surface area (Å²) in [6, 6.07) is 10.2. The van der Waals surface area contributed by atoms with Crippen LogP contribution in [0.1, 0.15) is 29.1 Å². The molecular formula is C19H26N2O4S2. The van der Waals surface area contributed by atoms with E-state index < -0.39 is 10.0 Å². The highest BCUT2D eigenvalue weighted by molar-refractivity contribution is 7.89. The summed E-state index contributed by atoms with van der Waals surface area (Å²) in [4.78, 5) is 15.9. The number of benzene rings is 1. The summed E-state index contributed by atoms with van der Waals surface area (Å²) in [6.45, 7) is 5.67. The largest absolute Gasteiger partial charge is 0.383 e. The molecule has 1 amide bonds. The fourth-order valence-corrected chi connectivity index (χ4v) is 4.95. The van der Waals surface area contributed by atoms with Crippen LogP contribution < -0.4 is 0 Å². The summed E-state index contributed by atoms with van der Waals surface area (Å²) >= 11 is 1.58. The van der Waals surface area contributed by atoms with E-state index >= 15 is 0 Å². The molecule has 148 valence electrons. The number of amides is 1. The lowest BCUT2D eigenvalue weighted by atomic mass is 10.2. The average molecular weight is 411 g/mol. The standard InChI is InChI=1S/C19H26N2O4S2/c1-4-21(5-2)27(23,24)18-10-6-8-16(14-18)19(22)20(11-12-25-3)15-17-9-7-13-26-17/h6-10,13-14H,4-5,11-12,15H2,1-3H3. The zero-order chi connectivity index (χ0) is 19.9. The second-order valence-corrected chi connectivity index (χ2v) is 8.89. The van der Waals surface area contributed by atoms with Gasteiger partial charge in [-0.25, -0.2) is 8.42 Å². The molecule has 27 heavy (non-hydrogen) atoms. The first kappa shape index (κ1) is 21.6. The van der Waals surface area contributed by atoms with Gasteiger partial charge in [-0.15, -0.1) is 11.3 Å². The number of methoxy groups -OCH3 is 1. The molecule has 1 aromatic heterocycles. The lowest BCUT2D eigenvalue weighted by Crippen LogP contribution is -2.34. The molecule has 0 unspecified atom stereocenters. The van der Waals surface area contributed by atoms with Crippen molar-refractivity contribution in [1.29, 1.82) is 0 Å². The number of carbonyl (C=O) groups is 1. The first-order valence-corrected chi connectivity index (χ1v) is 11.2.